The van der Waals surface area contributed by atoms with Gasteiger partial charge in [-0.05, 0) is 44.2 Å². The van der Waals surface area contributed by atoms with Crippen LogP contribution in [0.3, 0.4) is 0 Å². The Morgan fingerprint density at radius 2 is 2.09 bits per heavy atom. The van der Waals surface area contributed by atoms with Gasteiger partial charge in [-0.25, -0.2) is 0 Å². The SMILES string of the molecule is CCC.CO[n+]1cc(C(F)(F)F)cc2c1CCCN(C(=O)[C@H](C)CCCNC1CCOCC1C)C2. The quantitative estimate of drug-likeness (QED) is 0.449. The van der Waals surface area contributed by atoms with E-state index >= 15 is 0 Å². The molecule has 1 saturated heterocycles. The topological polar surface area (TPSA) is 54.7 Å². The summed E-state index contributed by atoms with van der Waals surface area (Å²) in [6.07, 6.45) is 1.63. The standard InChI is InChI=1S/C23H35F3N3O3.C3H8/c1-16(6-4-9-27-20-8-11-32-15-17(20)2)22(30)28-10-5-7-21-18(13-28)12-19(23(24,25)26)14-29(21)31-3;1-3-2/h12,14,16-17,20,27H,4-11,13,15H2,1-3H3;3H2,1-2H3/q+1;/t16-,17?,20?;/m1./s1. The molecule has 0 bridgehead atoms. The van der Waals surface area contributed by atoms with Crippen LogP contribution in [0.15, 0.2) is 12.3 Å². The van der Waals surface area contributed by atoms with Crippen LogP contribution in [0.1, 0.15) is 76.6 Å². The summed E-state index contributed by atoms with van der Waals surface area (Å²) < 4.78 is 46.6. The summed E-state index contributed by atoms with van der Waals surface area (Å²) in [6, 6.07) is 1.60. The van der Waals surface area contributed by atoms with E-state index in [1.54, 1.807) is 4.90 Å². The summed E-state index contributed by atoms with van der Waals surface area (Å²) >= 11 is 0. The first-order chi connectivity index (χ1) is 16.6. The number of carbonyl (C=O) groups is 1. The molecular weight excluding hydrogens is 459 g/mol. The Bertz CT molecular complexity index is 804. The van der Waals surface area contributed by atoms with Crippen LogP contribution in [0.25, 0.3) is 0 Å². The average Bonchev–Trinajstić information content (AvgIpc) is 3.04. The fourth-order valence-electron chi connectivity index (χ4n) is 4.60. The van der Waals surface area contributed by atoms with Crippen molar-refractivity contribution in [2.45, 2.75) is 85.0 Å². The maximum absolute atomic E-state index is 13.3. The second-order valence-electron chi connectivity index (χ2n) is 9.72. The molecule has 0 radical (unpaired) electrons. The van der Waals surface area contributed by atoms with Gasteiger partial charge in [0.1, 0.15) is 12.7 Å². The van der Waals surface area contributed by atoms with E-state index in [0.717, 1.165) is 51.3 Å². The summed E-state index contributed by atoms with van der Waals surface area (Å²) in [6.45, 7) is 11.4. The number of alkyl halides is 3. The number of pyridine rings is 1. The van der Waals surface area contributed by atoms with Gasteiger partial charge in [0.05, 0.1) is 13.2 Å². The number of ether oxygens (including phenoxy) is 1. The van der Waals surface area contributed by atoms with Crippen molar-refractivity contribution in [3.63, 3.8) is 0 Å². The molecule has 200 valence electrons. The normalized spacial score (nSPS) is 21.3. The van der Waals surface area contributed by atoms with Gasteiger partial charge in [0, 0.05) is 41.8 Å². The molecule has 2 aliphatic rings. The highest BCUT2D eigenvalue weighted by Crippen LogP contribution is 2.30. The van der Waals surface area contributed by atoms with Gasteiger partial charge in [-0.2, -0.15) is 13.2 Å². The van der Waals surface area contributed by atoms with Crippen molar-refractivity contribution in [1.82, 2.24) is 10.2 Å². The van der Waals surface area contributed by atoms with Gasteiger partial charge in [0.15, 0.2) is 0 Å². The molecule has 0 aromatic carbocycles. The lowest BCUT2D eigenvalue weighted by Crippen LogP contribution is -2.46. The molecule has 2 unspecified atom stereocenters. The van der Waals surface area contributed by atoms with Crippen molar-refractivity contribution >= 4 is 5.91 Å². The lowest BCUT2D eigenvalue weighted by Gasteiger charge is -2.30. The third-order valence-electron chi connectivity index (χ3n) is 6.54. The van der Waals surface area contributed by atoms with Crippen LogP contribution in [0.5, 0.6) is 0 Å². The lowest BCUT2D eigenvalue weighted by molar-refractivity contribution is -0.891. The summed E-state index contributed by atoms with van der Waals surface area (Å²) in [5.74, 6) is 0.306. The van der Waals surface area contributed by atoms with Crippen molar-refractivity contribution in [2.24, 2.45) is 11.8 Å². The van der Waals surface area contributed by atoms with Crippen LogP contribution < -0.4 is 14.9 Å². The minimum atomic E-state index is -4.47. The third kappa shape index (κ3) is 8.63. The van der Waals surface area contributed by atoms with Gasteiger partial charge in [-0.3, -0.25) is 9.63 Å². The van der Waals surface area contributed by atoms with Crippen molar-refractivity contribution in [2.75, 3.05) is 33.4 Å². The Balaban J connectivity index is 0.00000137. The number of nitrogens with zero attached hydrogens (tertiary/aromatic N) is 2. The smallest absolute Gasteiger partial charge is 0.381 e. The highest BCUT2D eigenvalue weighted by Gasteiger charge is 2.37. The summed E-state index contributed by atoms with van der Waals surface area (Å²) in [5, 5.41) is 3.57. The number of nitrogens with one attached hydrogen (secondary N) is 1. The predicted molar refractivity (Wildman–Crippen MR) is 129 cm³/mol. The number of fused-ring (bicyclic) bond motifs is 1. The van der Waals surface area contributed by atoms with Crippen LogP contribution in [0.4, 0.5) is 13.2 Å². The zero-order valence-electron chi connectivity index (χ0n) is 21.9. The van der Waals surface area contributed by atoms with E-state index in [0.29, 0.717) is 42.6 Å². The third-order valence-corrected chi connectivity index (χ3v) is 6.54. The zero-order valence-corrected chi connectivity index (χ0v) is 21.9. The Morgan fingerprint density at radius 3 is 2.71 bits per heavy atom. The number of rotatable bonds is 7. The van der Waals surface area contributed by atoms with Gasteiger partial charge < -0.3 is 15.0 Å². The maximum Gasteiger partial charge on any atom is 0.422 e. The lowest BCUT2D eigenvalue weighted by atomic mass is 9.97. The molecule has 1 amide bonds. The van der Waals surface area contributed by atoms with Gasteiger partial charge >= 0.3 is 6.18 Å². The molecule has 2 aliphatic heterocycles. The van der Waals surface area contributed by atoms with E-state index in [9.17, 15) is 18.0 Å². The van der Waals surface area contributed by atoms with E-state index in [-0.39, 0.29) is 18.4 Å². The Kier molecular flexibility index (Phi) is 11.8. The van der Waals surface area contributed by atoms with E-state index in [1.165, 1.54) is 18.3 Å². The van der Waals surface area contributed by atoms with Gasteiger partial charge in [0.2, 0.25) is 17.8 Å². The molecule has 0 spiro atoms. The molecule has 0 saturated carbocycles. The molecule has 1 N–H and O–H groups in total. The molecule has 6 nitrogen and oxygen atoms in total. The molecule has 3 atom stereocenters. The van der Waals surface area contributed by atoms with E-state index in [2.05, 4.69) is 26.1 Å². The van der Waals surface area contributed by atoms with Crippen LogP contribution in [0.2, 0.25) is 0 Å². The maximum atomic E-state index is 13.3. The van der Waals surface area contributed by atoms with Crippen LogP contribution >= 0.6 is 0 Å². The van der Waals surface area contributed by atoms with Gasteiger partial charge in [-0.1, -0.05) is 34.1 Å². The highest BCUT2D eigenvalue weighted by atomic mass is 19.4. The number of hydrogen-bond acceptors (Lipinski definition) is 4. The molecule has 1 aromatic heterocycles. The largest absolute Gasteiger partial charge is 0.422 e. The molecule has 0 aliphatic carbocycles. The van der Waals surface area contributed by atoms with Crippen LogP contribution in [-0.4, -0.2) is 50.3 Å². The van der Waals surface area contributed by atoms with Gasteiger partial charge in [0.25, 0.3) is 0 Å². The fourth-order valence-corrected chi connectivity index (χ4v) is 4.60. The first kappa shape index (κ1) is 29.4. The minimum Gasteiger partial charge on any atom is -0.381 e. The monoisotopic (exact) mass is 502 g/mol. The number of halogens is 3. The Labute approximate surface area is 208 Å². The Hall–Kier alpha value is -1.87. The van der Waals surface area contributed by atoms with Gasteiger partial charge in [-0.15, -0.1) is 0 Å². The summed E-state index contributed by atoms with van der Waals surface area (Å²) in [7, 11) is 1.35. The number of hydrogen-bond donors (Lipinski definition) is 1. The predicted octanol–water partition coefficient (Wildman–Crippen LogP) is 4.17. The van der Waals surface area contributed by atoms with E-state index < -0.39 is 11.7 Å². The van der Waals surface area contributed by atoms with Crippen molar-refractivity contribution in [3.05, 3.63) is 29.1 Å². The fraction of sp³-hybridized carbons (Fsp3) is 0.769. The van der Waals surface area contributed by atoms with Crippen LogP contribution in [-0.2, 0) is 28.7 Å². The number of carbonyl (C=O) groups excluding carboxylic acids is 1. The number of aromatic nitrogens is 1. The van der Waals surface area contributed by atoms with Crippen molar-refractivity contribution in [1.29, 1.82) is 0 Å². The second-order valence-corrected chi connectivity index (χ2v) is 9.72. The first-order valence-corrected chi connectivity index (χ1v) is 12.9. The molecule has 3 rings (SSSR count). The molecule has 9 heteroatoms. The highest BCUT2D eigenvalue weighted by molar-refractivity contribution is 5.78. The Morgan fingerprint density at radius 1 is 1.37 bits per heavy atom. The number of amides is 1. The first-order valence-electron chi connectivity index (χ1n) is 12.9. The van der Waals surface area contributed by atoms with Crippen LogP contribution in [0, 0.1) is 11.8 Å². The summed E-state index contributed by atoms with van der Waals surface area (Å²) in [5.41, 5.74) is 0.419. The average molecular weight is 503 g/mol. The van der Waals surface area contributed by atoms with E-state index in [4.69, 9.17) is 9.57 Å². The van der Waals surface area contributed by atoms with Crippen molar-refractivity contribution < 1.29 is 32.3 Å². The zero-order chi connectivity index (χ0) is 26.0. The van der Waals surface area contributed by atoms with Crippen molar-refractivity contribution in [3.8, 4) is 0 Å². The molecule has 1 fully saturated rings. The molecular formula is C26H43F3N3O3+. The minimum absolute atomic E-state index is 0.00124. The molecule has 3 heterocycles. The van der Waals surface area contributed by atoms with E-state index in [1.807, 2.05) is 6.92 Å². The summed E-state index contributed by atoms with van der Waals surface area (Å²) in [4.78, 5) is 19.9. The molecule has 35 heavy (non-hydrogen) atoms. The second kappa shape index (κ2) is 14.0. The molecule has 1 aromatic rings.